The highest BCUT2D eigenvalue weighted by molar-refractivity contribution is 8.00. The lowest BCUT2D eigenvalue weighted by Gasteiger charge is -2.20. The van der Waals surface area contributed by atoms with E-state index in [1.807, 2.05) is 56.3 Å². The third kappa shape index (κ3) is 9.94. The zero-order valence-corrected chi connectivity index (χ0v) is 26.7. The topological polar surface area (TPSA) is 58.6 Å². The van der Waals surface area contributed by atoms with Crippen LogP contribution in [0.25, 0.3) is 11.1 Å². The van der Waals surface area contributed by atoms with Gasteiger partial charge in [0.2, 0.25) is 0 Å². The predicted molar refractivity (Wildman–Crippen MR) is 175 cm³/mol. The van der Waals surface area contributed by atoms with Crippen molar-refractivity contribution in [2.24, 2.45) is 0 Å². The van der Waals surface area contributed by atoms with Crippen LogP contribution in [0.3, 0.4) is 0 Å². The monoisotopic (exact) mass is 675 g/mol. The zero-order chi connectivity index (χ0) is 32.7. The van der Waals surface area contributed by atoms with Crippen molar-refractivity contribution in [3.8, 4) is 16.9 Å². The number of halogens is 5. The normalized spacial score (nSPS) is 13.3. The van der Waals surface area contributed by atoms with Gasteiger partial charge in [-0.15, -0.1) is 24.4 Å². The second-order valence-electron chi connectivity index (χ2n) is 10.3. The van der Waals surface area contributed by atoms with Crippen LogP contribution in [0.1, 0.15) is 34.6 Å². The summed E-state index contributed by atoms with van der Waals surface area (Å²) in [4.78, 5) is 11.8. The third-order valence-corrected chi connectivity index (χ3v) is 8.63. The van der Waals surface area contributed by atoms with Crippen LogP contribution in [0, 0.1) is 12.7 Å². The van der Waals surface area contributed by atoms with E-state index in [1.165, 1.54) is 18.2 Å². The summed E-state index contributed by atoms with van der Waals surface area (Å²) in [6, 6.07) is 22.9. The molecule has 0 aliphatic carbocycles. The highest BCUT2D eigenvalue weighted by atomic mass is 35.5. The Bertz CT molecular complexity index is 1660. The minimum Gasteiger partial charge on any atom is -0.482 e. The molecule has 2 atom stereocenters. The Morgan fingerprint density at radius 2 is 1.69 bits per heavy atom. The number of aliphatic carboxylic acids is 1. The van der Waals surface area contributed by atoms with E-state index >= 15 is 0 Å². The molecule has 4 aromatic rings. The average Bonchev–Trinajstić information content (AvgIpc) is 2.98. The molecule has 4 rings (SSSR count). The number of allylic oxidation sites excluding steroid dienone is 1. The van der Waals surface area contributed by atoms with Crippen LogP contribution in [0.15, 0.2) is 102 Å². The fraction of sp³-hybridized carbons (Fsp3) is 0.206. The first-order valence-corrected chi connectivity index (χ1v) is 15.5. The van der Waals surface area contributed by atoms with Crippen molar-refractivity contribution in [2.45, 2.75) is 42.0 Å². The second-order valence-corrected chi connectivity index (χ2v) is 12.5. The smallest absolute Gasteiger partial charge is 0.416 e. The van der Waals surface area contributed by atoms with Crippen LogP contribution >= 0.6 is 36.0 Å². The maximum Gasteiger partial charge on any atom is 0.416 e. The van der Waals surface area contributed by atoms with E-state index < -0.39 is 35.5 Å². The largest absolute Gasteiger partial charge is 0.482 e. The molecule has 4 aromatic carbocycles. The maximum absolute atomic E-state index is 13.6. The molecular formula is C34H30ClF4NO3S2. The quantitative estimate of drug-likeness (QED) is 0.0604. The fourth-order valence-electron chi connectivity index (χ4n) is 4.53. The number of ether oxygens (including phenoxy) is 1. The summed E-state index contributed by atoms with van der Waals surface area (Å²) in [5, 5.41) is 11.6. The number of carboxylic acid groups (broad SMARTS) is 1. The van der Waals surface area contributed by atoms with Crippen molar-refractivity contribution in [3.63, 3.8) is 0 Å². The van der Waals surface area contributed by atoms with Gasteiger partial charge in [0.05, 0.1) is 16.0 Å². The molecule has 0 aliphatic rings. The van der Waals surface area contributed by atoms with Gasteiger partial charge in [-0.25, -0.2) is 9.18 Å². The van der Waals surface area contributed by atoms with Crippen LogP contribution in [0.4, 0.5) is 17.6 Å². The molecule has 0 aromatic heterocycles. The molecule has 0 fully saturated rings. The number of rotatable bonds is 12. The van der Waals surface area contributed by atoms with Gasteiger partial charge < -0.3 is 15.2 Å². The number of alkyl halides is 3. The number of hydrogen-bond acceptors (Lipinski definition) is 5. The van der Waals surface area contributed by atoms with Crippen LogP contribution in [0.2, 0.25) is 5.02 Å². The van der Waals surface area contributed by atoms with Gasteiger partial charge in [-0.05, 0) is 90.6 Å². The number of thiol groups is 1. The molecule has 0 radical (unpaired) electrons. The molecule has 2 unspecified atom stereocenters. The summed E-state index contributed by atoms with van der Waals surface area (Å²) in [6.07, 6.45) is -1.75. The third-order valence-electron chi connectivity index (χ3n) is 6.78. The van der Waals surface area contributed by atoms with Gasteiger partial charge in [-0.3, -0.25) is 0 Å². The van der Waals surface area contributed by atoms with Gasteiger partial charge in [-0.1, -0.05) is 60.1 Å². The first-order valence-electron chi connectivity index (χ1n) is 13.7. The molecular weight excluding hydrogens is 646 g/mol. The molecule has 0 amide bonds. The molecule has 0 heterocycles. The molecule has 0 saturated heterocycles. The number of hydrogen-bond donors (Lipinski definition) is 3. The number of carbonyl (C=O) groups is 1. The van der Waals surface area contributed by atoms with E-state index in [0.717, 1.165) is 45.0 Å². The van der Waals surface area contributed by atoms with Gasteiger partial charge >= 0.3 is 12.1 Å². The SMILES string of the molecule is C/C(=C\C(Cc1ccc(-c2ccc(F)c(Cl)c2)cc1)Sc1ccc(OCC(=O)O)c(C)c1)NC(S)c1ccc(C(F)(F)F)cc1. The number of nitrogens with one attached hydrogen (secondary N) is 1. The molecule has 2 N–H and O–H groups in total. The van der Waals surface area contributed by atoms with E-state index in [-0.39, 0.29) is 10.3 Å². The van der Waals surface area contributed by atoms with Crippen molar-refractivity contribution in [3.05, 3.63) is 130 Å². The number of benzene rings is 4. The number of thioether (sulfide) groups is 1. The van der Waals surface area contributed by atoms with E-state index in [0.29, 0.717) is 17.7 Å². The van der Waals surface area contributed by atoms with Crippen LogP contribution in [-0.2, 0) is 17.4 Å². The van der Waals surface area contributed by atoms with Crippen LogP contribution in [0.5, 0.6) is 5.75 Å². The van der Waals surface area contributed by atoms with Gasteiger partial charge in [0, 0.05) is 15.8 Å². The fourth-order valence-corrected chi connectivity index (χ4v) is 6.37. The van der Waals surface area contributed by atoms with E-state index in [2.05, 4.69) is 17.9 Å². The van der Waals surface area contributed by atoms with E-state index in [1.54, 1.807) is 30.0 Å². The van der Waals surface area contributed by atoms with Gasteiger partial charge in [0.1, 0.15) is 11.6 Å². The maximum atomic E-state index is 13.6. The Labute approximate surface area is 273 Å². The molecule has 0 bridgehead atoms. The Kier molecular flexibility index (Phi) is 11.5. The summed E-state index contributed by atoms with van der Waals surface area (Å²) in [5.74, 6) is -1.06. The summed E-state index contributed by atoms with van der Waals surface area (Å²) < 4.78 is 58.0. The summed E-state index contributed by atoms with van der Waals surface area (Å²) in [7, 11) is 0. The minimum atomic E-state index is -4.42. The minimum absolute atomic E-state index is 0.0506. The van der Waals surface area contributed by atoms with Crippen molar-refractivity contribution < 1.29 is 32.2 Å². The number of aryl methyl sites for hydroxylation is 1. The second kappa shape index (κ2) is 15.1. The van der Waals surface area contributed by atoms with Crippen molar-refractivity contribution in [1.29, 1.82) is 0 Å². The predicted octanol–water partition coefficient (Wildman–Crippen LogP) is 9.76. The van der Waals surface area contributed by atoms with Crippen LogP contribution in [-0.4, -0.2) is 22.9 Å². The highest BCUT2D eigenvalue weighted by Gasteiger charge is 2.30. The molecule has 0 spiro atoms. The molecule has 4 nitrogen and oxygen atoms in total. The molecule has 11 heteroatoms. The summed E-state index contributed by atoms with van der Waals surface area (Å²) in [5.41, 5.74) is 4.16. The van der Waals surface area contributed by atoms with E-state index in [9.17, 15) is 22.4 Å². The Hall–Kier alpha value is -3.60. The summed E-state index contributed by atoms with van der Waals surface area (Å²) in [6.45, 7) is 3.28. The number of carboxylic acids is 1. The highest BCUT2D eigenvalue weighted by Crippen LogP contribution is 2.33. The van der Waals surface area contributed by atoms with Gasteiger partial charge in [-0.2, -0.15) is 13.2 Å². The first-order chi connectivity index (χ1) is 21.3. The Morgan fingerprint density at radius 3 is 2.29 bits per heavy atom. The Morgan fingerprint density at radius 1 is 1.02 bits per heavy atom. The zero-order valence-electron chi connectivity index (χ0n) is 24.2. The van der Waals surface area contributed by atoms with Gasteiger partial charge in [0.15, 0.2) is 6.61 Å². The molecule has 0 aliphatic heterocycles. The lowest BCUT2D eigenvalue weighted by Crippen LogP contribution is -2.17. The van der Waals surface area contributed by atoms with Crippen molar-refractivity contribution in [2.75, 3.05) is 6.61 Å². The average molecular weight is 676 g/mol. The van der Waals surface area contributed by atoms with Crippen LogP contribution < -0.4 is 10.1 Å². The first kappa shape index (κ1) is 34.3. The lowest BCUT2D eigenvalue weighted by atomic mass is 10.0. The van der Waals surface area contributed by atoms with Gasteiger partial charge in [0.25, 0.3) is 0 Å². The summed E-state index contributed by atoms with van der Waals surface area (Å²) >= 11 is 12.1. The lowest BCUT2D eigenvalue weighted by molar-refractivity contribution is -0.139. The van der Waals surface area contributed by atoms with E-state index in [4.69, 9.17) is 21.4 Å². The standard InChI is InChI=1S/C34H30ClF4NO3S2/c1-20-15-27(12-14-31(20)43-19-32(41)42)45-28(16-21(2)40-33(44)24-7-10-26(11-8-24)34(37,38)39)17-22-3-5-23(6-4-22)25-9-13-30(36)29(35)18-25/h3-16,18,28,33,40,44H,17,19H2,1-2H3,(H,41,42)/b21-16+. The van der Waals surface area contributed by atoms with Crippen molar-refractivity contribution in [1.82, 2.24) is 5.32 Å². The Balaban J connectivity index is 1.54. The molecule has 0 saturated carbocycles. The molecule has 45 heavy (non-hydrogen) atoms. The van der Waals surface area contributed by atoms with Crippen molar-refractivity contribution >= 4 is 42.0 Å². The molecule has 236 valence electrons.